The molecular formula is C16H24FNO3. The van der Waals surface area contributed by atoms with E-state index in [9.17, 15) is 14.3 Å². The van der Waals surface area contributed by atoms with Gasteiger partial charge in [-0.1, -0.05) is 19.9 Å². The van der Waals surface area contributed by atoms with Crippen molar-refractivity contribution in [2.75, 3.05) is 13.2 Å². The summed E-state index contributed by atoms with van der Waals surface area (Å²) in [6.45, 7) is 6.40. The van der Waals surface area contributed by atoms with Crippen molar-refractivity contribution in [1.82, 2.24) is 5.32 Å². The molecule has 1 atom stereocenters. The van der Waals surface area contributed by atoms with E-state index in [1.165, 1.54) is 6.07 Å². The summed E-state index contributed by atoms with van der Waals surface area (Å²) in [5, 5.41) is 12.4. The SMILES string of the molecule is CCNC(CC)(CCCOc1ccc(C)c(F)c1)C(=O)O. The Morgan fingerprint density at radius 1 is 1.43 bits per heavy atom. The fraction of sp³-hybridized carbons (Fsp3) is 0.562. The first-order valence-electron chi connectivity index (χ1n) is 7.32. The van der Waals surface area contributed by atoms with Crippen molar-refractivity contribution in [3.8, 4) is 5.75 Å². The van der Waals surface area contributed by atoms with Gasteiger partial charge in [-0.2, -0.15) is 0 Å². The Morgan fingerprint density at radius 3 is 2.67 bits per heavy atom. The highest BCUT2D eigenvalue weighted by Crippen LogP contribution is 2.20. The Labute approximate surface area is 125 Å². The summed E-state index contributed by atoms with van der Waals surface area (Å²) in [4.78, 5) is 11.4. The highest BCUT2D eigenvalue weighted by Gasteiger charge is 2.34. The van der Waals surface area contributed by atoms with Crippen molar-refractivity contribution in [2.45, 2.75) is 45.6 Å². The van der Waals surface area contributed by atoms with Crippen molar-refractivity contribution in [1.29, 1.82) is 0 Å². The number of hydrogen-bond donors (Lipinski definition) is 2. The van der Waals surface area contributed by atoms with E-state index in [-0.39, 0.29) is 5.82 Å². The third-order valence-electron chi connectivity index (χ3n) is 3.69. The summed E-state index contributed by atoms with van der Waals surface area (Å²) >= 11 is 0. The maximum Gasteiger partial charge on any atom is 0.323 e. The van der Waals surface area contributed by atoms with Gasteiger partial charge >= 0.3 is 5.97 Å². The second-order valence-corrected chi connectivity index (χ2v) is 5.13. The lowest BCUT2D eigenvalue weighted by molar-refractivity contribution is -0.145. The predicted molar refractivity (Wildman–Crippen MR) is 80.2 cm³/mol. The Balaban J connectivity index is 2.51. The van der Waals surface area contributed by atoms with Crippen LogP contribution in [-0.4, -0.2) is 29.8 Å². The number of likely N-dealkylation sites (N-methyl/N-ethyl adjacent to an activating group) is 1. The van der Waals surface area contributed by atoms with E-state index < -0.39 is 11.5 Å². The molecule has 118 valence electrons. The van der Waals surface area contributed by atoms with Gasteiger partial charge in [0.1, 0.15) is 17.1 Å². The number of ether oxygens (including phenoxy) is 1. The van der Waals surface area contributed by atoms with E-state index in [4.69, 9.17) is 4.74 Å². The molecule has 0 bridgehead atoms. The zero-order valence-electron chi connectivity index (χ0n) is 12.9. The summed E-state index contributed by atoms with van der Waals surface area (Å²) in [5.74, 6) is -0.666. The van der Waals surface area contributed by atoms with E-state index in [0.29, 0.717) is 43.7 Å². The van der Waals surface area contributed by atoms with Crippen molar-refractivity contribution in [3.63, 3.8) is 0 Å². The number of aliphatic carboxylic acids is 1. The molecule has 0 aromatic heterocycles. The quantitative estimate of drug-likeness (QED) is 0.688. The van der Waals surface area contributed by atoms with Gasteiger partial charge in [-0.05, 0) is 44.4 Å². The molecule has 0 aliphatic carbocycles. The molecule has 0 aliphatic heterocycles. The van der Waals surface area contributed by atoms with Crippen LogP contribution >= 0.6 is 0 Å². The lowest BCUT2D eigenvalue weighted by Gasteiger charge is -2.29. The van der Waals surface area contributed by atoms with Crippen LogP contribution in [0.25, 0.3) is 0 Å². The van der Waals surface area contributed by atoms with Gasteiger partial charge in [-0.3, -0.25) is 4.79 Å². The number of benzene rings is 1. The molecule has 1 rings (SSSR count). The van der Waals surface area contributed by atoms with Crippen molar-refractivity contribution in [3.05, 3.63) is 29.6 Å². The summed E-state index contributed by atoms with van der Waals surface area (Å²) in [6.07, 6.45) is 1.57. The average Bonchev–Trinajstić information content (AvgIpc) is 2.45. The third-order valence-corrected chi connectivity index (χ3v) is 3.69. The van der Waals surface area contributed by atoms with Gasteiger partial charge < -0.3 is 15.2 Å². The number of carbonyl (C=O) groups is 1. The molecule has 0 amide bonds. The molecule has 0 fully saturated rings. The Morgan fingerprint density at radius 2 is 2.14 bits per heavy atom. The number of rotatable bonds is 9. The summed E-state index contributed by atoms with van der Waals surface area (Å²) in [6, 6.07) is 4.73. The van der Waals surface area contributed by atoms with Gasteiger partial charge in [0.2, 0.25) is 0 Å². The molecule has 1 aromatic carbocycles. The molecule has 1 unspecified atom stereocenters. The second kappa shape index (κ2) is 7.98. The monoisotopic (exact) mass is 297 g/mol. The molecule has 0 radical (unpaired) electrons. The van der Waals surface area contributed by atoms with Gasteiger partial charge in [0.25, 0.3) is 0 Å². The molecule has 21 heavy (non-hydrogen) atoms. The minimum atomic E-state index is -0.906. The van der Waals surface area contributed by atoms with Gasteiger partial charge in [-0.25, -0.2) is 4.39 Å². The first-order valence-corrected chi connectivity index (χ1v) is 7.32. The Hall–Kier alpha value is -1.62. The molecule has 0 heterocycles. The molecule has 0 aliphatic rings. The predicted octanol–water partition coefficient (Wildman–Crippen LogP) is 3.14. The normalized spacial score (nSPS) is 13.7. The number of aryl methyl sites for hydroxylation is 1. The van der Waals surface area contributed by atoms with Gasteiger partial charge in [0.05, 0.1) is 6.61 Å². The molecule has 1 aromatic rings. The van der Waals surface area contributed by atoms with Crippen molar-refractivity contribution >= 4 is 5.97 Å². The van der Waals surface area contributed by atoms with Crippen LogP contribution in [0.15, 0.2) is 18.2 Å². The van der Waals surface area contributed by atoms with Crippen molar-refractivity contribution < 1.29 is 19.0 Å². The molecule has 4 nitrogen and oxygen atoms in total. The van der Waals surface area contributed by atoms with Crippen LogP contribution in [-0.2, 0) is 4.79 Å². The van der Waals surface area contributed by atoms with Gasteiger partial charge in [0.15, 0.2) is 0 Å². The molecular weight excluding hydrogens is 273 g/mol. The molecule has 0 saturated carbocycles. The van der Waals surface area contributed by atoms with Gasteiger partial charge in [0, 0.05) is 6.07 Å². The zero-order chi connectivity index (χ0) is 15.9. The number of halogens is 1. The summed E-state index contributed by atoms with van der Waals surface area (Å²) in [7, 11) is 0. The largest absolute Gasteiger partial charge is 0.493 e. The molecule has 5 heteroatoms. The van der Waals surface area contributed by atoms with E-state index in [1.54, 1.807) is 19.1 Å². The number of carboxylic acid groups (broad SMARTS) is 1. The second-order valence-electron chi connectivity index (χ2n) is 5.13. The maximum atomic E-state index is 13.4. The third kappa shape index (κ3) is 4.70. The van der Waals surface area contributed by atoms with Crippen LogP contribution in [0.3, 0.4) is 0 Å². The van der Waals surface area contributed by atoms with Crippen LogP contribution in [0.4, 0.5) is 4.39 Å². The standard InChI is InChI=1S/C16H24FNO3/c1-4-16(15(19)20,18-5-2)9-6-10-21-13-8-7-12(3)14(17)11-13/h7-8,11,18H,4-6,9-10H2,1-3H3,(H,19,20). The van der Waals surface area contributed by atoms with E-state index in [2.05, 4.69) is 5.32 Å². The zero-order valence-corrected chi connectivity index (χ0v) is 12.9. The van der Waals surface area contributed by atoms with Crippen LogP contribution < -0.4 is 10.1 Å². The molecule has 0 saturated heterocycles. The maximum absolute atomic E-state index is 13.4. The van der Waals surface area contributed by atoms with Crippen LogP contribution in [0.1, 0.15) is 38.7 Å². The molecule has 0 spiro atoms. The smallest absolute Gasteiger partial charge is 0.323 e. The topological polar surface area (TPSA) is 58.6 Å². The van der Waals surface area contributed by atoms with Crippen LogP contribution in [0, 0.1) is 12.7 Å². The average molecular weight is 297 g/mol. The van der Waals surface area contributed by atoms with E-state index in [1.807, 2.05) is 13.8 Å². The first-order chi connectivity index (χ1) is 9.95. The minimum Gasteiger partial charge on any atom is -0.493 e. The lowest BCUT2D eigenvalue weighted by Crippen LogP contribution is -2.51. The van der Waals surface area contributed by atoms with Crippen LogP contribution in [0.2, 0.25) is 0 Å². The fourth-order valence-corrected chi connectivity index (χ4v) is 2.29. The number of carboxylic acids is 1. The number of hydrogen-bond acceptors (Lipinski definition) is 3. The molecule has 2 N–H and O–H groups in total. The first kappa shape index (κ1) is 17.4. The minimum absolute atomic E-state index is 0.298. The Kier molecular flexibility index (Phi) is 6.62. The number of nitrogens with one attached hydrogen (secondary N) is 1. The summed E-state index contributed by atoms with van der Waals surface area (Å²) < 4.78 is 18.8. The van der Waals surface area contributed by atoms with E-state index in [0.717, 1.165) is 0 Å². The summed E-state index contributed by atoms with van der Waals surface area (Å²) in [5.41, 5.74) is -0.332. The van der Waals surface area contributed by atoms with Crippen molar-refractivity contribution in [2.24, 2.45) is 0 Å². The highest BCUT2D eigenvalue weighted by atomic mass is 19.1. The van der Waals surface area contributed by atoms with Gasteiger partial charge in [-0.15, -0.1) is 0 Å². The van der Waals surface area contributed by atoms with Crippen LogP contribution in [0.5, 0.6) is 5.75 Å². The Bertz CT molecular complexity index is 479. The lowest BCUT2D eigenvalue weighted by atomic mass is 9.90. The van der Waals surface area contributed by atoms with E-state index >= 15 is 0 Å². The highest BCUT2D eigenvalue weighted by molar-refractivity contribution is 5.78. The fourth-order valence-electron chi connectivity index (χ4n) is 2.29.